The van der Waals surface area contributed by atoms with Crippen molar-refractivity contribution in [2.24, 2.45) is 11.8 Å². The fourth-order valence-electron chi connectivity index (χ4n) is 3.34. The second-order valence-electron chi connectivity index (χ2n) is 5.11. The first-order valence-corrected chi connectivity index (χ1v) is 6.22. The predicted octanol–water partition coefficient (Wildman–Crippen LogP) is 1.24. The van der Waals surface area contributed by atoms with E-state index in [1.54, 1.807) is 0 Å². The maximum absolute atomic E-state index is 11.5. The molecule has 4 nitrogen and oxygen atoms in total. The van der Waals surface area contributed by atoms with Crippen LogP contribution in [-0.2, 0) is 19.1 Å². The van der Waals surface area contributed by atoms with Crippen molar-refractivity contribution in [1.82, 2.24) is 0 Å². The third-order valence-electron chi connectivity index (χ3n) is 4.18. The summed E-state index contributed by atoms with van der Waals surface area (Å²) in [5, 5.41) is 0. The Kier molecular flexibility index (Phi) is 2.54. The number of hydrogen-bond acceptors (Lipinski definition) is 4. The van der Waals surface area contributed by atoms with Crippen LogP contribution in [0.5, 0.6) is 0 Å². The molecule has 92 valence electrons. The molecule has 3 fully saturated rings. The highest BCUT2D eigenvalue weighted by atomic mass is 16.6. The number of carbonyl (C=O) groups is 2. The molecule has 3 rings (SSSR count). The fourth-order valence-corrected chi connectivity index (χ4v) is 3.34. The molecule has 3 aliphatic heterocycles. The van der Waals surface area contributed by atoms with Gasteiger partial charge in [-0.3, -0.25) is 9.59 Å². The van der Waals surface area contributed by atoms with Crippen LogP contribution in [0.2, 0.25) is 0 Å². The monoisotopic (exact) mass is 236 g/mol. The quantitative estimate of drug-likeness (QED) is 0.532. The van der Waals surface area contributed by atoms with Gasteiger partial charge in [0.2, 0.25) is 0 Å². The minimum absolute atomic E-state index is 0.00685. The average Bonchev–Trinajstić information content (AvgIpc) is 2.92. The summed E-state index contributed by atoms with van der Waals surface area (Å²) in [7, 11) is 0. The third-order valence-corrected chi connectivity index (χ3v) is 4.18. The van der Waals surface area contributed by atoms with Gasteiger partial charge >= 0.3 is 5.97 Å². The lowest BCUT2D eigenvalue weighted by atomic mass is 9.80. The van der Waals surface area contributed by atoms with Crippen LogP contribution in [-0.4, -0.2) is 30.1 Å². The predicted molar refractivity (Wildman–Crippen MR) is 59.2 cm³/mol. The van der Waals surface area contributed by atoms with Crippen molar-refractivity contribution in [3.8, 4) is 0 Å². The average molecular weight is 236 g/mol. The minimum Gasteiger partial charge on any atom is -0.459 e. The first-order chi connectivity index (χ1) is 8.20. The molecule has 2 bridgehead atoms. The largest absolute Gasteiger partial charge is 0.459 e. The van der Waals surface area contributed by atoms with Gasteiger partial charge in [-0.15, -0.1) is 0 Å². The molecule has 3 saturated heterocycles. The van der Waals surface area contributed by atoms with Crippen LogP contribution in [0.15, 0.2) is 12.7 Å². The van der Waals surface area contributed by atoms with Crippen molar-refractivity contribution in [1.29, 1.82) is 0 Å². The van der Waals surface area contributed by atoms with Crippen LogP contribution >= 0.6 is 0 Å². The maximum atomic E-state index is 11.5. The van der Waals surface area contributed by atoms with Crippen molar-refractivity contribution in [3.63, 3.8) is 0 Å². The normalized spacial score (nSPS) is 41.6. The third kappa shape index (κ3) is 1.62. The number of esters is 1. The van der Waals surface area contributed by atoms with Crippen molar-refractivity contribution in [2.45, 2.75) is 44.0 Å². The molecule has 0 N–H and O–H groups in total. The molecule has 0 spiro atoms. The zero-order valence-corrected chi connectivity index (χ0v) is 9.63. The number of fused-ring (bicyclic) bond motifs is 1. The number of ketones is 1. The molecule has 0 aromatic rings. The summed E-state index contributed by atoms with van der Waals surface area (Å²) in [5.41, 5.74) is 0. The summed E-state index contributed by atoms with van der Waals surface area (Å²) in [5.74, 6) is 0.263. The second-order valence-corrected chi connectivity index (χ2v) is 5.11. The van der Waals surface area contributed by atoms with Crippen LogP contribution < -0.4 is 0 Å². The van der Waals surface area contributed by atoms with E-state index >= 15 is 0 Å². The minimum atomic E-state index is -0.0906. The lowest BCUT2D eigenvalue weighted by Gasteiger charge is -2.21. The zero-order valence-electron chi connectivity index (χ0n) is 9.63. The van der Waals surface area contributed by atoms with E-state index in [1.807, 2.05) is 0 Å². The van der Waals surface area contributed by atoms with E-state index in [2.05, 4.69) is 6.58 Å². The van der Waals surface area contributed by atoms with Gasteiger partial charge in [0.05, 0.1) is 12.0 Å². The Morgan fingerprint density at radius 1 is 1.47 bits per heavy atom. The highest BCUT2D eigenvalue weighted by Crippen LogP contribution is 2.50. The highest BCUT2D eigenvalue weighted by Gasteiger charge is 2.62. The zero-order chi connectivity index (χ0) is 12.0. The van der Waals surface area contributed by atoms with Crippen molar-refractivity contribution < 1.29 is 19.1 Å². The Morgan fingerprint density at radius 2 is 2.29 bits per heavy atom. The number of ether oxygens (including phenoxy) is 2. The van der Waals surface area contributed by atoms with Crippen LogP contribution in [0.4, 0.5) is 0 Å². The van der Waals surface area contributed by atoms with Crippen LogP contribution in [0.3, 0.4) is 0 Å². The maximum Gasteiger partial charge on any atom is 0.312 e. The second kappa shape index (κ2) is 3.95. The fraction of sp³-hybridized carbons (Fsp3) is 0.692. The van der Waals surface area contributed by atoms with Gasteiger partial charge in [-0.25, -0.2) is 0 Å². The van der Waals surface area contributed by atoms with Crippen LogP contribution in [0, 0.1) is 11.8 Å². The summed E-state index contributed by atoms with van der Waals surface area (Å²) in [6.45, 7) is 3.45. The Hall–Kier alpha value is -1.16. The number of carbonyl (C=O) groups excluding carboxylic acids is 2. The van der Waals surface area contributed by atoms with Gasteiger partial charge < -0.3 is 9.47 Å². The molecule has 0 saturated carbocycles. The molecule has 0 aliphatic carbocycles. The molecule has 3 heterocycles. The summed E-state index contributed by atoms with van der Waals surface area (Å²) < 4.78 is 11.1. The topological polar surface area (TPSA) is 52.6 Å². The number of rotatable bonds is 5. The number of hydrogen-bond donors (Lipinski definition) is 0. The van der Waals surface area contributed by atoms with Crippen LogP contribution in [0.1, 0.15) is 25.7 Å². The Morgan fingerprint density at radius 3 is 3.06 bits per heavy atom. The van der Waals surface area contributed by atoms with Gasteiger partial charge in [0.1, 0.15) is 12.2 Å². The molecule has 0 aromatic heterocycles. The van der Waals surface area contributed by atoms with E-state index in [0.29, 0.717) is 12.3 Å². The Bertz CT molecular complexity index is 376. The van der Waals surface area contributed by atoms with Crippen molar-refractivity contribution in [3.05, 3.63) is 12.7 Å². The van der Waals surface area contributed by atoms with Gasteiger partial charge in [-0.05, 0) is 25.3 Å². The highest BCUT2D eigenvalue weighted by molar-refractivity contribution is 5.88. The molecule has 17 heavy (non-hydrogen) atoms. The molecule has 0 radical (unpaired) electrons. The van der Waals surface area contributed by atoms with E-state index in [-0.39, 0.29) is 36.0 Å². The summed E-state index contributed by atoms with van der Waals surface area (Å²) in [6, 6.07) is 0. The molecule has 3 aliphatic rings. The molecule has 4 heteroatoms. The lowest BCUT2D eigenvalue weighted by Crippen LogP contribution is -2.31. The first-order valence-electron chi connectivity index (χ1n) is 6.22. The SMILES string of the molecule is C=CC(=O)CCCC1C2CC3C(=O)OC1C3O2. The molecular formula is C13H16O4. The molecule has 0 aromatic carbocycles. The van der Waals surface area contributed by atoms with E-state index in [1.165, 1.54) is 6.08 Å². The summed E-state index contributed by atoms with van der Waals surface area (Å²) in [6.07, 6.45) is 4.52. The smallest absolute Gasteiger partial charge is 0.312 e. The first kappa shape index (κ1) is 11.0. The van der Waals surface area contributed by atoms with Crippen molar-refractivity contribution in [2.75, 3.05) is 0 Å². The van der Waals surface area contributed by atoms with E-state index in [4.69, 9.17) is 9.47 Å². The lowest BCUT2D eigenvalue weighted by molar-refractivity contribution is -0.144. The summed E-state index contributed by atoms with van der Waals surface area (Å²) >= 11 is 0. The van der Waals surface area contributed by atoms with Crippen molar-refractivity contribution >= 4 is 11.8 Å². The molecule has 0 amide bonds. The van der Waals surface area contributed by atoms with E-state index in [0.717, 1.165) is 19.3 Å². The van der Waals surface area contributed by atoms with Gasteiger partial charge in [0, 0.05) is 12.3 Å². The Labute approximate surface area is 100.0 Å². The summed E-state index contributed by atoms with van der Waals surface area (Å²) in [4.78, 5) is 22.6. The molecule has 5 atom stereocenters. The standard InChI is InChI=1S/C13H16O4/c1-2-7(14)4-3-5-8-10-6-9-12(16-10)11(8)17-13(9)15/h2,8-12H,1,3-6H2. The van der Waals surface area contributed by atoms with Gasteiger partial charge in [0.15, 0.2) is 5.78 Å². The Balaban J connectivity index is 1.57. The van der Waals surface area contributed by atoms with E-state index in [9.17, 15) is 9.59 Å². The van der Waals surface area contributed by atoms with Gasteiger partial charge in [0.25, 0.3) is 0 Å². The molecular weight excluding hydrogens is 220 g/mol. The van der Waals surface area contributed by atoms with E-state index < -0.39 is 0 Å². The van der Waals surface area contributed by atoms with Gasteiger partial charge in [-0.2, -0.15) is 0 Å². The van der Waals surface area contributed by atoms with Gasteiger partial charge in [-0.1, -0.05) is 6.58 Å². The molecule has 5 unspecified atom stereocenters. The van der Waals surface area contributed by atoms with Crippen LogP contribution in [0.25, 0.3) is 0 Å². The number of allylic oxidation sites excluding steroid dienone is 1.